The molecule has 0 aliphatic carbocycles. The Bertz CT molecular complexity index is 582. The number of anilines is 1. The maximum Gasteiger partial charge on any atom is 0.287 e. The summed E-state index contributed by atoms with van der Waals surface area (Å²) in [6, 6.07) is 4.80. The molecule has 2 aromatic heterocycles. The normalized spacial score (nSPS) is 10.7. The van der Waals surface area contributed by atoms with Crippen LogP contribution in [0.5, 0.6) is 0 Å². The third-order valence-corrected chi connectivity index (χ3v) is 3.55. The first-order valence-electron chi connectivity index (χ1n) is 4.79. The second-order valence-corrected chi connectivity index (χ2v) is 5.05. The number of nitrogens with zero attached hydrogens (tertiary/aromatic N) is 3. The molecule has 2 aromatic rings. The van der Waals surface area contributed by atoms with Gasteiger partial charge in [-0.25, -0.2) is 4.98 Å². The number of thiophene rings is 1. The van der Waals surface area contributed by atoms with Gasteiger partial charge in [0.15, 0.2) is 0 Å². The van der Waals surface area contributed by atoms with Gasteiger partial charge in [-0.3, -0.25) is 15.5 Å². The van der Waals surface area contributed by atoms with Crippen molar-refractivity contribution in [3.63, 3.8) is 0 Å². The Balaban J connectivity index is 1.98. The first kappa shape index (κ1) is 12.7. The van der Waals surface area contributed by atoms with Gasteiger partial charge in [0.05, 0.1) is 11.1 Å². The molecule has 2 heterocycles. The van der Waals surface area contributed by atoms with E-state index in [1.165, 1.54) is 18.3 Å². The van der Waals surface area contributed by atoms with E-state index in [9.17, 15) is 10.1 Å². The van der Waals surface area contributed by atoms with Gasteiger partial charge in [0.25, 0.3) is 5.69 Å². The van der Waals surface area contributed by atoms with Gasteiger partial charge in [0, 0.05) is 20.8 Å². The number of halogens is 1. The fourth-order valence-electron chi connectivity index (χ4n) is 1.12. The fourth-order valence-corrected chi connectivity index (χ4v) is 2.42. The maximum atomic E-state index is 10.4. The number of hydrogen-bond acceptors (Lipinski definition) is 6. The van der Waals surface area contributed by atoms with Crippen LogP contribution in [0, 0.1) is 10.1 Å². The third kappa shape index (κ3) is 3.34. The van der Waals surface area contributed by atoms with Crippen molar-refractivity contribution in [3.8, 4) is 0 Å². The molecule has 0 radical (unpaired) electrons. The van der Waals surface area contributed by atoms with Crippen molar-refractivity contribution in [2.75, 3.05) is 5.43 Å². The van der Waals surface area contributed by atoms with Crippen LogP contribution in [-0.4, -0.2) is 16.1 Å². The lowest BCUT2D eigenvalue weighted by atomic mass is 10.4. The zero-order valence-corrected chi connectivity index (χ0v) is 11.3. The molecule has 0 saturated carbocycles. The van der Waals surface area contributed by atoms with Crippen LogP contribution in [-0.2, 0) is 0 Å². The van der Waals surface area contributed by atoms with Crippen LogP contribution in [0.4, 0.5) is 11.5 Å². The van der Waals surface area contributed by atoms with Crippen molar-refractivity contribution in [2.24, 2.45) is 5.10 Å². The molecule has 0 unspecified atom stereocenters. The first-order chi connectivity index (χ1) is 8.65. The Hall–Kier alpha value is -1.80. The van der Waals surface area contributed by atoms with Gasteiger partial charge >= 0.3 is 0 Å². The van der Waals surface area contributed by atoms with Gasteiger partial charge in [0.2, 0.25) is 0 Å². The molecule has 6 nitrogen and oxygen atoms in total. The second kappa shape index (κ2) is 5.69. The minimum Gasteiger partial charge on any atom is -0.261 e. The summed E-state index contributed by atoms with van der Waals surface area (Å²) in [5.41, 5.74) is 2.65. The van der Waals surface area contributed by atoms with E-state index in [2.05, 4.69) is 31.4 Å². The highest BCUT2D eigenvalue weighted by molar-refractivity contribution is 9.10. The number of nitrogens with one attached hydrogen (secondary N) is 1. The van der Waals surface area contributed by atoms with Crippen LogP contribution >= 0.6 is 27.3 Å². The summed E-state index contributed by atoms with van der Waals surface area (Å²) in [6.07, 6.45) is 2.83. The molecule has 0 aromatic carbocycles. The van der Waals surface area contributed by atoms with E-state index in [0.717, 1.165) is 9.35 Å². The van der Waals surface area contributed by atoms with E-state index < -0.39 is 4.92 Å². The molecule has 8 heteroatoms. The molecule has 0 atom stereocenters. The highest BCUT2D eigenvalue weighted by Gasteiger charge is 2.04. The number of aromatic nitrogens is 1. The van der Waals surface area contributed by atoms with E-state index in [1.54, 1.807) is 17.6 Å². The number of rotatable bonds is 4. The number of nitro groups is 1. The highest BCUT2D eigenvalue weighted by atomic mass is 79.9. The molecule has 0 spiro atoms. The smallest absolute Gasteiger partial charge is 0.261 e. The van der Waals surface area contributed by atoms with Crippen molar-refractivity contribution in [1.29, 1.82) is 0 Å². The average molecular weight is 327 g/mol. The number of hydrogen-bond donors (Lipinski definition) is 1. The van der Waals surface area contributed by atoms with Gasteiger partial charge in [-0.05, 0) is 28.1 Å². The minimum absolute atomic E-state index is 0.0493. The molecular weight excluding hydrogens is 320 g/mol. The van der Waals surface area contributed by atoms with E-state index in [4.69, 9.17) is 0 Å². The van der Waals surface area contributed by atoms with Crippen LogP contribution in [0.2, 0.25) is 0 Å². The molecule has 0 aliphatic heterocycles. The summed E-state index contributed by atoms with van der Waals surface area (Å²) in [4.78, 5) is 14.8. The third-order valence-electron chi connectivity index (χ3n) is 1.92. The van der Waals surface area contributed by atoms with Crippen molar-refractivity contribution in [2.45, 2.75) is 0 Å². The molecule has 2 rings (SSSR count). The molecular formula is C10H7BrN4O2S. The Morgan fingerprint density at radius 2 is 2.39 bits per heavy atom. The predicted molar refractivity (Wildman–Crippen MR) is 74.1 cm³/mol. The molecule has 18 heavy (non-hydrogen) atoms. The van der Waals surface area contributed by atoms with Gasteiger partial charge < -0.3 is 0 Å². The zero-order valence-electron chi connectivity index (χ0n) is 8.91. The Kier molecular flexibility index (Phi) is 4.00. The summed E-state index contributed by atoms with van der Waals surface area (Å²) in [6.45, 7) is 0. The van der Waals surface area contributed by atoms with Crippen molar-refractivity contribution < 1.29 is 4.92 Å². The topological polar surface area (TPSA) is 80.4 Å². The van der Waals surface area contributed by atoms with Crippen LogP contribution < -0.4 is 5.43 Å². The lowest BCUT2D eigenvalue weighted by Crippen LogP contribution is -1.94. The van der Waals surface area contributed by atoms with E-state index >= 15 is 0 Å². The van der Waals surface area contributed by atoms with Gasteiger partial charge in [-0.15, -0.1) is 11.3 Å². The van der Waals surface area contributed by atoms with Crippen LogP contribution in [0.25, 0.3) is 0 Å². The maximum absolute atomic E-state index is 10.4. The summed E-state index contributed by atoms with van der Waals surface area (Å²) in [5, 5.41) is 16.4. The van der Waals surface area contributed by atoms with Crippen LogP contribution in [0.15, 0.2) is 39.4 Å². The summed E-state index contributed by atoms with van der Waals surface area (Å²) >= 11 is 4.89. The average Bonchev–Trinajstić information content (AvgIpc) is 2.76. The molecule has 92 valence electrons. The molecule has 0 saturated heterocycles. The van der Waals surface area contributed by atoms with E-state index in [1.807, 2.05) is 11.4 Å². The van der Waals surface area contributed by atoms with Gasteiger partial charge in [-0.1, -0.05) is 0 Å². The Morgan fingerprint density at radius 3 is 2.94 bits per heavy atom. The van der Waals surface area contributed by atoms with Crippen LogP contribution in [0.3, 0.4) is 0 Å². The largest absolute Gasteiger partial charge is 0.287 e. The highest BCUT2D eigenvalue weighted by Crippen LogP contribution is 2.18. The van der Waals surface area contributed by atoms with E-state index in [-0.39, 0.29) is 5.69 Å². The Morgan fingerprint density at radius 1 is 1.56 bits per heavy atom. The van der Waals surface area contributed by atoms with Crippen molar-refractivity contribution in [1.82, 2.24) is 4.98 Å². The lowest BCUT2D eigenvalue weighted by Gasteiger charge is -1.97. The fraction of sp³-hybridized carbons (Fsp3) is 0. The molecule has 0 amide bonds. The SMILES string of the molecule is O=[N+]([O-])c1ccc(N/N=C/c2cc(Br)cs2)nc1. The minimum atomic E-state index is -0.497. The molecule has 0 fully saturated rings. The summed E-state index contributed by atoms with van der Waals surface area (Å²) in [5.74, 6) is 0.451. The quantitative estimate of drug-likeness (QED) is 0.531. The van der Waals surface area contributed by atoms with Gasteiger partial charge in [0.1, 0.15) is 12.0 Å². The monoisotopic (exact) mass is 326 g/mol. The van der Waals surface area contributed by atoms with Crippen LogP contribution in [0.1, 0.15) is 4.88 Å². The molecule has 1 N–H and O–H groups in total. The number of pyridine rings is 1. The van der Waals surface area contributed by atoms with Gasteiger partial charge in [-0.2, -0.15) is 5.10 Å². The Labute approximate surface area is 115 Å². The standard InChI is InChI=1S/C10H7BrN4O2S/c11-7-3-9(18-6-7)5-13-14-10-2-1-8(4-12-10)15(16)17/h1-6H,(H,12,14)/b13-5+. The van der Waals surface area contributed by atoms with Crippen molar-refractivity contribution in [3.05, 3.63) is 49.2 Å². The second-order valence-electron chi connectivity index (χ2n) is 3.20. The van der Waals surface area contributed by atoms with E-state index in [0.29, 0.717) is 5.82 Å². The van der Waals surface area contributed by atoms with Crippen molar-refractivity contribution >= 4 is 45.0 Å². The molecule has 0 bridgehead atoms. The summed E-state index contributed by atoms with van der Waals surface area (Å²) < 4.78 is 1.00. The predicted octanol–water partition coefficient (Wildman–Crippen LogP) is 3.26. The zero-order chi connectivity index (χ0) is 13.0. The first-order valence-corrected chi connectivity index (χ1v) is 6.46. The lowest BCUT2D eigenvalue weighted by molar-refractivity contribution is -0.385. The molecule has 0 aliphatic rings. The summed E-state index contributed by atoms with van der Waals surface area (Å²) in [7, 11) is 0. The number of hydrazone groups is 1.